The molecule has 0 saturated carbocycles. The highest BCUT2D eigenvalue weighted by Crippen LogP contribution is 2.42. The molecular weight excluding hydrogens is 328 g/mol. The van der Waals surface area contributed by atoms with Gasteiger partial charge < -0.3 is 9.47 Å². The van der Waals surface area contributed by atoms with Crippen molar-refractivity contribution in [2.24, 2.45) is 0 Å². The number of aryl methyl sites for hydroxylation is 1. The van der Waals surface area contributed by atoms with Crippen LogP contribution in [0.2, 0.25) is 0 Å². The number of amides is 1. The molecule has 0 atom stereocenters. The van der Waals surface area contributed by atoms with Crippen molar-refractivity contribution in [2.45, 2.75) is 59.1 Å². The summed E-state index contributed by atoms with van der Waals surface area (Å²) in [5.41, 5.74) is 4.21. The Balaban J connectivity index is 1.88. The first kappa shape index (κ1) is 19.2. The second-order valence-electron chi connectivity index (χ2n) is 9.13. The van der Waals surface area contributed by atoms with Crippen LogP contribution in [0.15, 0.2) is 12.1 Å². The molecule has 1 aromatic rings. The van der Waals surface area contributed by atoms with Gasteiger partial charge in [-0.05, 0) is 50.5 Å². The average molecular weight is 360 g/mol. The lowest BCUT2D eigenvalue weighted by Gasteiger charge is -2.28. The molecule has 1 aromatic carbocycles. The maximum Gasteiger partial charge on any atom is 0.414 e. The number of carbonyl (C=O) groups is 1. The molecule has 144 valence electrons. The number of hydrogen-bond acceptors (Lipinski definition) is 4. The van der Waals surface area contributed by atoms with E-state index in [-0.39, 0.29) is 11.5 Å². The van der Waals surface area contributed by atoms with Crippen LogP contribution < -0.4 is 4.90 Å². The predicted octanol–water partition coefficient (Wildman–Crippen LogP) is 3.86. The number of rotatable bonds is 2. The third-order valence-electron chi connectivity index (χ3n) is 5.14. The third kappa shape index (κ3) is 4.04. The average Bonchev–Trinajstić information content (AvgIpc) is 2.78. The summed E-state index contributed by atoms with van der Waals surface area (Å²) in [4.78, 5) is 16.9. The Bertz CT molecular complexity index is 685. The van der Waals surface area contributed by atoms with Gasteiger partial charge in [-0.25, -0.2) is 4.79 Å². The fourth-order valence-corrected chi connectivity index (χ4v) is 3.72. The van der Waals surface area contributed by atoms with E-state index in [0.717, 1.165) is 38.5 Å². The van der Waals surface area contributed by atoms with Crippen molar-refractivity contribution >= 4 is 11.8 Å². The number of morpholine rings is 1. The van der Waals surface area contributed by atoms with Gasteiger partial charge in [-0.2, -0.15) is 0 Å². The van der Waals surface area contributed by atoms with Crippen LogP contribution in [-0.2, 0) is 21.4 Å². The SMILES string of the molecule is Cc1cc2c(cc1CN1CCOCC1)C(C)(C)CN2C(=O)OC(C)(C)C. The highest BCUT2D eigenvalue weighted by Gasteiger charge is 2.40. The lowest BCUT2D eigenvalue weighted by atomic mass is 9.85. The number of nitrogens with zero attached hydrogens (tertiary/aromatic N) is 2. The quantitative estimate of drug-likeness (QED) is 0.803. The van der Waals surface area contributed by atoms with Gasteiger partial charge in [0.25, 0.3) is 0 Å². The van der Waals surface area contributed by atoms with Crippen molar-refractivity contribution in [3.63, 3.8) is 0 Å². The number of benzene rings is 1. The number of ether oxygens (including phenoxy) is 2. The Morgan fingerprint density at radius 2 is 1.88 bits per heavy atom. The highest BCUT2D eigenvalue weighted by atomic mass is 16.6. The number of anilines is 1. The van der Waals surface area contributed by atoms with Gasteiger partial charge >= 0.3 is 6.09 Å². The van der Waals surface area contributed by atoms with Crippen molar-refractivity contribution in [2.75, 3.05) is 37.7 Å². The molecular formula is C21H32N2O3. The molecule has 1 saturated heterocycles. The normalized spacial score (nSPS) is 20.2. The van der Waals surface area contributed by atoms with Gasteiger partial charge in [0.05, 0.1) is 18.9 Å². The van der Waals surface area contributed by atoms with Crippen LogP contribution in [-0.4, -0.2) is 49.4 Å². The first-order valence-corrected chi connectivity index (χ1v) is 9.51. The zero-order valence-corrected chi connectivity index (χ0v) is 17.0. The van der Waals surface area contributed by atoms with Crippen LogP contribution >= 0.6 is 0 Å². The van der Waals surface area contributed by atoms with E-state index in [1.165, 1.54) is 16.7 Å². The molecule has 26 heavy (non-hydrogen) atoms. The fraction of sp³-hybridized carbons (Fsp3) is 0.667. The summed E-state index contributed by atoms with van der Waals surface area (Å²) < 4.78 is 11.1. The minimum absolute atomic E-state index is 0.0836. The largest absolute Gasteiger partial charge is 0.443 e. The van der Waals surface area contributed by atoms with Gasteiger partial charge in [0, 0.05) is 31.6 Å². The van der Waals surface area contributed by atoms with E-state index in [1.807, 2.05) is 20.8 Å². The lowest BCUT2D eigenvalue weighted by molar-refractivity contribution is 0.0341. The molecule has 5 heteroatoms. The van der Waals surface area contributed by atoms with E-state index in [9.17, 15) is 4.79 Å². The van der Waals surface area contributed by atoms with E-state index in [2.05, 4.69) is 37.8 Å². The highest BCUT2D eigenvalue weighted by molar-refractivity contribution is 5.92. The van der Waals surface area contributed by atoms with E-state index < -0.39 is 5.60 Å². The summed E-state index contributed by atoms with van der Waals surface area (Å²) in [6, 6.07) is 4.45. The molecule has 2 heterocycles. The summed E-state index contributed by atoms with van der Waals surface area (Å²) in [7, 11) is 0. The Kier molecular flexibility index (Phi) is 5.06. The van der Waals surface area contributed by atoms with E-state index in [1.54, 1.807) is 4.90 Å². The van der Waals surface area contributed by atoms with Crippen molar-refractivity contribution in [3.8, 4) is 0 Å². The van der Waals surface area contributed by atoms with Crippen molar-refractivity contribution in [1.29, 1.82) is 0 Å². The van der Waals surface area contributed by atoms with Gasteiger partial charge in [0.2, 0.25) is 0 Å². The van der Waals surface area contributed by atoms with Gasteiger partial charge in [-0.15, -0.1) is 0 Å². The number of fused-ring (bicyclic) bond motifs is 1. The van der Waals surface area contributed by atoms with Gasteiger partial charge in [0.1, 0.15) is 5.60 Å². The second kappa shape index (κ2) is 6.86. The van der Waals surface area contributed by atoms with Crippen LogP contribution in [0.1, 0.15) is 51.3 Å². The zero-order chi connectivity index (χ0) is 19.1. The molecule has 2 aliphatic rings. The maximum absolute atomic E-state index is 12.7. The Hall–Kier alpha value is -1.59. The van der Waals surface area contributed by atoms with Gasteiger partial charge in [-0.1, -0.05) is 19.9 Å². The summed E-state index contributed by atoms with van der Waals surface area (Å²) in [6.07, 6.45) is -0.260. The van der Waals surface area contributed by atoms with Crippen molar-refractivity contribution in [3.05, 3.63) is 28.8 Å². The molecule has 0 N–H and O–H groups in total. The van der Waals surface area contributed by atoms with Crippen molar-refractivity contribution in [1.82, 2.24) is 4.90 Å². The molecule has 5 nitrogen and oxygen atoms in total. The molecule has 2 aliphatic heterocycles. The fourth-order valence-electron chi connectivity index (χ4n) is 3.72. The zero-order valence-electron chi connectivity index (χ0n) is 17.0. The maximum atomic E-state index is 12.7. The molecule has 1 fully saturated rings. The van der Waals surface area contributed by atoms with E-state index in [4.69, 9.17) is 9.47 Å². The smallest absolute Gasteiger partial charge is 0.414 e. The Morgan fingerprint density at radius 3 is 2.50 bits per heavy atom. The van der Waals surface area contributed by atoms with E-state index >= 15 is 0 Å². The third-order valence-corrected chi connectivity index (χ3v) is 5.14. The molecule has 3 rings (SSSR count). The summed E-state index contributed by atoms with van der Waals surface area (Å²) >= 11 is 0. The van der Waals surface area contributed by atoms with E-state index in [0.29, 0.717) is 6.54 Å². The van der Waals surface area contributed by atoms with Crippen LogP contribution in [0, 0.1) is 6.92 Å². The molecule has 0 aromatic heterocycles. The molecule has 0 spiro atoms. The van der Waals surface area contributed by atoms with Crippen LogP contribution in [0.4, 0.5) is 10.5 Å². The van der Waals surface area contributed by atoms with Gasteiger partial charge in [-0.3, -0.25) is 9.80 Å². The summed E-state index contributed by atoms with van der Waals surface area (Å²) in [5, 5.41) is 0. The van der Waals surface area contributed by atoms with Gasteiger partial charge in [0.15, 0.2) is 0 Å². The van der Waals surface area contributed by atoms with Crippen LogP contribution in [0.5, 0.6) is 0 Å². The molecule has 1 amide bonds. The monoisotopic (exact) mass is 360 g/mol. The van der Waals surface area contributed by atoms with Crippen LogP contribution in [0.25, 0.3) is 0 Å². The number of carbonyl (C=O) groups excluding carboxylic acids is 1. The predicted molar refractivity (Wildman–Crippen MR) is 104 cm³/mol. The number of hydrogen-bond donors (Lipinski definition) is 0. The lowest BCUT2D eigenvalue weighted by Crippen LogP contribution is -2.38. The molecule has 0 aliphatic carbocycles. The first-order chi connectivity index (χ1) is 12.1. The summed E-state index contributed by atoms with van der Waals surface area (Å²) in [6.45, 7) is 17.4. The molecule has 0 radical (unpaired) electrons. The standard InChI is InChI=1S/C21H32N2O3/c1-15-11-18-17(12-16(15)13-22-7-9-25-10-8-22)21(5,6)14-23(18)19(24)26-20(2,3)4/h11-12H,7-10,13-14H2,1-6H3. The Morgan fingerprint density at radius 1 is 1.23 bits per heavy atom. The molecule has 0 bridgehead atoms. The first-order valence-electron chi connectivity index (χ1n) is 9.51. The minimum atomic E-state index is -0.491. The Labute approximate surface area is 157 Å². The summed E-state index contributed by atoms with van der Waals surface area (Å²) in [5.74, 6) is 0. The van der Waals surface area contributed by atoms with Crippen LogP contribution in [0.3, 0.4) is 0 Å². The van der Waals surface area contributed by atoms with Crippen molar-refractivity contribution < 1.29 is 14.3 Å². The topological polar surface area (TPSA) is 42.0 Å². The molecule has 0 unspecified atom stereocenters. The second-order valence-corrected chi connectivity index (χ2v) is 9.13. The minimum Gasteiger partial charge on any atom is -0.443 e.